The van der Waals surface area contributed by atoms with Gasteiger partial charge in [-0.25, -0.2) is 0 Å². The second kappa shape index (κ2) is 6.27. The topological polar surface area (TPSA) is 24.5 Å². The third-order valence-corrected chi connectivity index (χ3v) is 4.61. The van der Waals surface area contributed by atoms with Crippen molar-refractivity contribution in [1.82, 2.24) is 4.90 Å². The minimum absolute atomic E-state index is 0.264. The summed E-state index contributed by atoms with van der Waals surface area (Å²) in [6.07, 6.45) is 2.78. The number of anilines is 1. The van der Waals surface area contributed by atoms with Crippen molar-refractivity contribution in [2.24, 2.45) is 11.8 Å². The Labute approximate surface area is 128 Å². The van der Waals surface area contributed by atoms with E-state index in [0.717, 1.165) is 36.2 Å². The van der Waals surface area contributed by atoms with Crippen LogP contribution >= 0.6 is 0 Å². The van der Waals surface area contributed by atoms with Crippen LogP contribution in [0.3, 0.4) is 0 Å². The Hall–Kier alpha value is -1.22. The monoisotopic (exact) mass is 288 g/mol. The summed E-state index contributed by atoms with van der Waals surface area (Å²) in [4.78, 5) is 2.63. The molecule has 0 aromatic heterocycles. The van der Waals surface area contributed by atoms with E-state index in [4.69, 9.17) is 4.74 Å². The molecule has 1 aromatic rings. The van der Waals surface area contributed by atoms with Crippen LogP contribution in [-0.4, -0.2) is 37.2 Å². The van der Waals surface area contributed by atoms with Gasteiger partial charge in [0.05, 0.1) is 12.2 Å². The van der Waals surface area contributed by atoms with Gasteiger partial charge in [0.1, 0.15) is 11.9 Å². The lowest BCUT2D eigenvalue weighted by molar-refractivity contribution is 0.142. The molecule has 1 saturated heterocycles. The van der Waals surface area contributed by atoms with Gasteiger partial charge in [0.15, 0.2) is 0 Å². The van der Waals surface area contributed by atoms with Gasteiger partial charge in [-0.15, -0.1) is 0 Å². The van der Waals surface area contributed by atoms with Gasteiger partial charge in [0.25, 0.3) is 0 Å². The maximum absolute atomic E-state index is 5.84. The summed E-state index contributed by atoms with van der Waals surface area (Å²) in [6, 6.07) is 6.60. The van der Waals surface area contributed by atoms with E-state index in [2.05, 4.69) is 49.2 Å². The lowest BCUT2D eigenvalue weighted by atomic mass is 9.91. The van der Waals surface area contributed by atoms with Gasteiger partial charge in [-0.05, 0) is 49.3 Å². The highest BCUT2D eigenvalue weighted by atomic mass is 16.5. The number of rotatable bonds is 3. The van der Waals surface area contributed by atoms with Gasteiger partial charge < -0.3 is 15.0 Å². The predicted molar refractivity (Wildman–Crippen MR) is 88.1 cm³/mol. The van der Waals surface area contributed by atoms with E-state index >= 15 is 0 Å². The van der Waals surface area contributed by atoms with E-state index in [1.165, 1.54) is 31.6 Å². The van der Waals surface area contributed by atoms with Crippen LogP contribution in [0, 0.1) is 11.8 Å². The van der Waals surface area contributed by atoms with Crippen molar-refractivity contribution in [3.63, 3.8) is 0 Å². The Bertz CT molecular complexity index is 478. The number of hydrogen-bond donors (Lipinski definition) is 1. The largest absolute Gasteiger partial charge is 0.487 e. The third kappa shape index (κ3) is 3.70. The number of ether oxygens (including phenoxy) is 1. The minimum Gasteiger partial charge on any atom is -0.487 e. The quantitative estimate of drug-likeness (QED) is 0.922. The fourth-order valence-electron chi connectivity index (χ4n) is 3.75. The molecule has 2 aliphatic heterocycles. The highest BCUT2D eigenvalue weighted by molar-refractivity contribution is 5.59. The summed E-state index contributed by atoms with van der Waals surface area (Å²) in [5.41, 5.74) is 2.57. The molecule has 3 heteroatoms. The Morgan fingerprint density at radius 3 is 2.71 bits per heavy atom. The Kier molecular flexibility index (Phi) is 4.39. The molecule has 1 fully saturated rings. The summed E-state index contributed by atoms with van der Waals surface area (Å²) >= 11 is 0. The lowest BCUT2D eigenvalue weighted by Gasteiger charge is -2.35. The highest BCUT2D eigenvalue weighted by Crippen LogP contribution is 2.30. The predicted octanol–water partition coefficient (Wildman–Crippen LogP) is 3.40. The highest BCUT2D eigenvalue weighted by Gasteiger charge is 2.21. The normalized spacial score (nSPS) is 29.4. The smallest absolute Gasteiger partial charge is 0.142 e. The first-order chi connectivity index (χ1) is 10.1. The SMILES string of the molecule is CC1CC(C)CN(CCc2ccc3c(c2)NCC(C)O3)C1. The van der Waals surface area contributed by atoms with Crippen LogP contribution < -0.4 is 10.1 Å². The van der Waals surface area contributed by atoms with Crippen molar-refractivity contribution in [2.45, 2.75) is 39.7 Å². The van der Waals surface area contributed by atoms with E-state index < -0.39 is 0 Å². The van der Waals surface area contributed by atoms with Crippen LogP contribution in [0.1, 0.15) is 32.8 Å². The molecule has 0 spiro atoms. The van der Waals surface area contributed by atoms with Gasteiger partial charge in [-0.3, -0.25) is 0 Å². The number of hydrogen-bond acceptors (Lipinski definition) is 3. The molecule has 2 aliphatic rings. The van der Waals surface area contributed by atoms with Crippen LogP contribution in [0.15, 0.2) is 18.2 Å². The zero-order valence-corrected chi connectivity index (χ0v) is 13.6. The fourth-order valence-corrected chi connectivity index (χ4v) is 3.75. The standard InChI is InChI=1S/C18H28N2O/c1-13-8-14(2)12-20(11-13)7-6-16-4-5-18-17(9-16)19-10-15(3)21-18/h4-5,9,13-15,19H,6-8,10-12H2,1-3H3. The molecule has 1 N–H and O–H groups in total. The summed E-state index contributed by atoms with van der Waals surface area (Å²) < 4.78 is 5.84. The van der Waals surface area contributed by atoms with Crippen LogP contribution in [0.25, 0.3) is 0 Å². The van der Waals surface area contributed by atoms with Crippen molar-refractivity contribution in [3.8, 4) is 5.75 Å². The zero-order valence-electron chi connectivity index (χ0n) is 13.6. The minimum atomic E-state index is 0.264. The first-order valence-corrected chi connectivity index (χ1v) is 8.36. The van der Waals surface area contributed by atoms with Crippen molar-refractivity contribution < 1.29 is 4.74 Å². The van der Waals surface area contributed by atoms with Gasteiger partial charge in [0, 0.05) is 19.6 Å². The molecule has 0 radical (unpaired) electrons. The summed E-state index contributed by atoms with van der Waals surface area (Å²) in [6.45, 7) is 11.4. The maximum atomic E-state index is 5.84. The number of nitrogens with zero attached hydrogens (tertiary/aromatic N) is 1. The number of nitrogens with one attached hydrogen (secondary N) is 1. The average Bonchev–Trinajstić information content (AvgIpc) is 2.44. The number of fused-ring (bicyclic) bond motifs is 1. The van der Waals surface area contributed by atoms with E-state index in [1.54, 1.807) is 0 Å². The molecular weight excluding hydrogens is 260 g/mol. The van der Waals surface area contributed by atoms with E-state index in [0.29, 0.717) is 0 Å². The zero-order chi connectivity index (χ0) is 14.8. The van der Waals surface area contributed by atoms with Gasteiger partial charge >= 0.3 is 0 Å². The van der Waals surface area contributed by atoms with Gasteiger partial charge in [-0.2, -0.15) is 0 Å². The van der Waals surface area contributed by atoms with E-state index in [9.17, 15) is 0 Å². The van der Waals surface area contributed by atoms with Crippen molar-refractivity contribution in [2.75, 3.05) is 31.5 Å². The molecule has 3 rings (SSSR count). The second-order valence-electron chi connectivity index (χ2n) is 7.10. The number of benzene rings is 1. The number of piperidine rings is 1. The van der Waals surface area contributed by atoms with E-state index in [-0.39, 0.29) is 6.10 Å². The first kappa shape index (κ1) is 14.7. The molecule has 116 valence electrons. The molecule has 3 unspecified atom stereocenters. The second-order valence-corrected chi connectivity index (χ2v) is 7.10. The van der Waals surface area contributed by atoms with Gasteiger partial charge in [0.2, 0.25) is 0 Å². The van der Waals surface area contributed by atoms with E-state index in [1.807, 2.05) is 0 Å². The molecule has 3 nitrogen and oxygen atoms in total. The van der Waals surface area contributed by atoms with Crippen LogP contribution in [0.2, 0.25) is 0 Å². The molecule has 2 heterocycles. The molecular formula is C18H28N2O. The van der Waals surface area contributed by atoms with Crippen LogP contribution in [-0.2, 0) is 6.42 Å². The average molecular weight is 288 g/mol. The Balaban J connectivity index is 1.58. The molecule has 3 atom stereocenters. The molecule has 0 aliphatic carbocycles. The van der Waals surface area contributed by atoms with Crippen molar-refractivity contribution in [3.05, 3.63) is 23.8 Å². The summed E-state index contributed by atoms with van der Waals surface area (Å²) in [5, 5.41) is 3.47. The first-order valence-electron chi connectivity index (χ1n) is 8.36. The van der Waals surface area contributed by atoms with Crippen molar-refractivity contribution in [1.29, 1.82) is 0 Å². The Morgan fingerprint density at radius 1 is 1.19 bits per heavy atom. The maximum Gasteiger partial charge on any atom is 0.142 e. The molecule has 0 amide bonds. The third-order valence-electron chi connectivity index (χ3n) is 4.61. The number of likely N-dealkylation sites (tertiary alicyclic amines) is 1. The molecule has 0 bridgehead atoms. The fraction of sp³-hybridized carbons (Fsp3) is 0.667. The van der Waals surface area contributed by atoms with Crippen molar-refractivity contribution >= 4 is 5.69 Å². The molecule has 21 heavy (non-hydrogen) atoms. The van der Waals surface area contributed by atoms with Crippen LogP contribution in [0.5, 0.6) is 5.75 Å². The van der Waals surface area contributed by atoms with Gasteiger partial charge in [-0.1, -0.05) is 19.9 Å². The molecule has 1 aromatic carbocycles. The molecule has 0 saturated carbocycles. The Morgan fingerprint density at radius 2 is 1.95 bits per heavy atom. The summed E-state index contributed by atoms with van der Waals surface area (Å²) in [5.74, 6) is 2.68. The summed E-state index contributed by atoms with van der Waals surface area (Å²) in [7, 11) is 0. The van der Waals surface area contributed by atoms with Crippen LogP contribution in [0.4, 0.5) is 5.69 Å². The lowest BCUT2D eigenvalue weighted by Crippen LogP contribution is -2.39.